The van der Waals surface area contributed by atoms with Gasteiger partial charge < -0.3 is 48.3 Å². The van der Waals surface area contributed by atoms with Crippen LogP contribution in [0.3, 0.4) is 0 Å². The minimum absolute atomic E-state index is 0.00546. The molecule has 72 heavy (non-hydrogen) atoms. The number of benzene rings is 2. The number of carbonyl (C=O) groups is 1. The third kappa shape index (κ3) is 14.4. The van der Waals surface area contributed by atoms with Crippen molar-refractivity contribution < 1.29 is 51.1 Å². The molecule has 0 aliphatic carbocycles. The van der Waals surface area contributed by atoms with Gasteiger partial charge in [0.2, 0.25) is 17.7 Å². The molecule has 1 amide bonds. The van der Waals surface area contributed by atoms with Crippen LogP contribution in [-0.4, -0.2) is 154 Å². The quantitative estimate of drug-likeness (QED) is 0.0277. The average Bonchev–Trinajstić information content (AvgIpc) is 3.66. The number of methoxy groups -OCH3 is 1. The summed E-state index contributed by atoms with van der Waals surface area (Å²) >= 11 is 0. The van der Waals surface area contributed by atoms with Crippen LogP contribution in [0.5, 0.6) is 5.88 Å². The number of piperazine rings is 1. The van der Waals surface area contributed by atoms with Gasteiger partial charge in [0.05, 0.1) is 120 Å². The van der Waals surface area contributed by atoms with Crippen LogP contribution >= 0.6 is 0 Å². The Hall–Kier alpha value is -6.92. The lowest BCUT2D eigenvalue weighted by Gasteiger charge is -2.37. The first-order valence-corrected chi connectivity index (χ1v) is 23.3. The van der Waals surface area contributed by atoms with E-state index in [1.54, 1.807) is 54.9 Å². The van der Waals surface area contributed by atoms with Crippen molar-refractivity contribution in [1.82, 2.24) is 34.4 Å². The summed E-state index contributed by atoms with van der Waals surface area (Å²) < 4.78 is 85.3. The van der Waals surface area contributed by atoms with Gasteiger partial charge in [-0.3, -0.25) is 18.9 Å². The highest BCUT2D eigenvalue weighted by atomic mass is 19.4. The largest absolute Gasteiger partial charge is 0.481 e. The van der Waals surface area contributed by atoms with Gasteiger partial charge in [-0.1, -0.05) is 11.2 Å². The molecule has 1 N–H and O–H groups in total. The zero-order chi connectivity index (χ0) is 50.7. The highest BCUT2D eigenvalue weighted by Crippen LogP contribution is 2.39. The van der Waals surface area contributed by atoms with E-state index < -0.39 is 17.4 Å². The summed E-state index contributed by atoms with van der Waals surface area (Å²) in [7, 11) is 3.09. The second kappa shape index (κ2) is 26.5. The fourth-order valence-electron chi connectivity index (χ4n) is 7.81. The fourth-order valence-corrected chi connectivity index (χ4v) is 7.81. The molecule has 384 valence electrons. The first-order chi connectivity index (χ1) is 35.0. The molecule has 7 rings (SSSR count). The van der Waals surface area contributed by atoms with Gasteiger partial charge >= 0.3 is 11.9 Å². The number of imidazole rings is 1. The Bertz CT molecular complexity index is 2800. The van der Waals surface area contributed by atoms with Crippen LogP contribution in [0.4, 0.5) is 24.8 Å². The van der Waals surface area contributed by atoms with Crippen molar-refractivity contribution in [2.45, 2.75) is 19.1 Å². The molecule has 6 aromatic rings. The van der Waals surface area contributed by atoms with Crippen molar-refractivity contribution in [3.05, 3.63) is 105 Å². The van der Waals surface area contributed by atoms with Crippen LogP contribution in [-0.2, 0) is 53.0 Å². The predicted molar refractivity (Wildman–Crippen MR) is 260 cm³/mol. The first-order valence-electron chi connectivity index (χ1n) is 23.3. The van der Waals surface area contributed by atoms with Gasteiger partial charge in [-0.05, 0) is 47.5 Å². The van der Waals surface area contributed by atoms with E-state index in [0.717, 1.165) is 17.2 Å². The van der Waals surface area contributed by atoms with E-state index in [4.69, 9.17) is 38.7 Å². The molecule has 1 fully saturated rings. The smallest absolute Gasteiger partial charge is 0.418 e. The number of hydrogen-bond donors (Lipinski definition) is 1. The minimum Gasteiger partial charge on any atom is -0.481 e. The number of fused-ring (bicyclic) bond motifs is 3. The van der Waals surface area contributed by atoms with Crippen LogP contribution < -0.4 is 25.5 Å². The normalized spacial score (nSPS) is 13.0. The molecule has 2 aromatic carbocycles. The van der Waals surface area contributed by atoms with Crippen molar-refractivity contribution in [2.24, 2.45) is 12.2 Å². The molecule has 1 saturated heterocycles. The molecule has 0 spiro atoms. The zero-order valence-electron chi connectivity index (χ0n) is 40.1. The van der Waals surface area contributed by atoms with E-state index in [1.165, 1.54) is 22.3 Å². The Morgan fingerprint density at radius 3 is 1.94 bits per heavy atom. The number of nitrogens with zero attached hydrogens (tertiary/aromatic N) is 11. The summed E-state index contributed by atoms with van der Waals surface area (Å²) in [6.07, 6.45) is 1.86. The summed E-state index contributed by atoms with van der Waals surface area (Å²) in [5.74, 6) is 0.670. The van der Waals surface area contributed by atoms with Crippen molar-refractivity contribution in [1.29, 1.82) is 0 Å². The third-order valence-electron chi connectivity index (χ3n) is 11.5. The maximum absolute atomic E-state index is 15.0. The van der Waals surface area contributed by atoms with E-state index in [1.807, 2.05) is 23.1 Å². The Morgan fingerprint density at radius 2 is 1.35 bits per heavy atom. The molecule has 5 heterocycles. The maximum Gasteiger partial charge on any atom is 0.418 e. The average molecular weight is 1000 g/mol. The van der Waals surface area contributed by atoms with Gasteiger partial charge in [0.15, 0.2) is 0 Å². The Morgan fingerprint density at radius 1 is 0.736 bits per heavy atom. The van der Waals surface area contributed by atoms with Gasteiger partial charge in [-0.2, -0.15) is 13.2 Å². The van der Waals surface area contributed by atoms with Crippen molar-refractivity contribution in [3.8, 4) is 22.7 Å². The predicted octanol–water partition coefficient (Wildman–Crippen LogP) is 5.50. The lowest BCUT2D eigenvalue weighted by atomic mass is 10.0. The van der Waals surface area contributed by atoms with Crippen molar-refractivity contribution in [2.75, 3.05) is 129 Å². The standard InChI is InChI=1S/C48H57F3N12O9/c1-60-42-33-53-40-6-3-35(36-4-8-44(66-2)55-32-36)27-38(40)45(42)63(47(60)65)37-5-7-41(39(28-37)48(49,50)51)61-11-13-62(14-12-61)46-56-30-34(31-57-46)29-54-43(64)9-15-67-17-19-69-21-23-71-25-26-72-24-22-70-20-18-68-16-10-58-59-52/h3-8,27-28,30-33H,9-26,29H2,1-2H3,(H,54,64). The summed E-state index contributed by atoms with van der Waals surface area (Å²) in [5.41, 5.74) is 10.6. The molecule has 0 atom stereocenters. The Kier molecular flexibility index (Phi) is 19.5. The Balaban J connectivity index is 0.821. The molecule has 0 bridgehead atoms. The molecule has 1 aliphatic heterocycles. The number of carbonyl (C=O) groups excluding carboxylic acids is 1. The summed E-state index contributed by atoms with van der Waals surface area (Å²) in [6, 6.07) is 13.1. The number of rotatable bonds is 28. The van der Waals surface area contributed by atoms with E-state index in [2.05, 4.69) is 35.3 Å². The molecule has 4 aromatic heterocycles. The highest BCUT2D eigenvalue weighted by Gasteiger charge is 2.36. The van der Waals surface area contributed by atoms with E-state index >= 15 is 0 Å². The van der Waals surface area contributed by atoms with Crippen molar-refractivity contribution in [3.63, 3.8) is 0 Å². The van der Waals surface area contributed by atoms with E-state index in [0.29, 0.717) is 132 Å². The molecule has 0 radical (unpaired) electrons. The highest BCUT2D eigenvalue weighted by molar-refractivity contribution is 6.04. The SMILES string of the molecule is COc1ccc(-c2ccc3ncc4c(c3c2)n(-c2ccc(N3CCN(c5ncc(CNC(=O)CCOCCOCCOCCOCCOCCOCCN=[N+]=[N-])cn5)CC3)c(C(F)(F)F)c2)c(=O)n4C)cn1. The molecule has 1 aliphatic rings. The number of aryl methyl sites for hydroxylation is 1. The van der Waals surface area contributed by atoms with E-state index in [9.17, 15) is 22.8 Å². The minimum atomic E-state index is -4.73. The van der Waals surface area contributed by atoms with Gasteiger partial charge in [-0.15, -0.1) is 0 Å². The summed E-state index contributed by atoms with van der Waals surface area (Å²) in [6.45, 7) is 6.38. The zero-order valence-corrected chi connectivity index (χ0v) is 40.1. The van der Waals surface area contributed by atoms with E-state index in [-0.39, 0.29) is 49.9 Å². The number of hydrogen-bond acceptors (Lipinski definition) is 16. The first kappa shape index (κ1) is 52.9. The lowest BCUT2D eigenvalue weighted by molar-refractivity contribution is -0.137. The molecule has 0 unspecified atom stereocenters. The van der Waals surface area contributed by atoms with Crippen LogP contribution in [0.25, 0.3) is 49.2 Å². The second-order valence-corrected chi connectivity index (χ2v) is 16.2. The number of nitrogens with one attached hydrogen (secondary N) is 1. The molecular weight excluding hydrogens is 946 g/mol. The number of azide groups is 1. The topological polar surface area (TPSA) is 227 Å². The number of halogens is 3. The van der Waals surface area contributed by atoms with Crippen LogP contribution in [0, 0.1) is 0 Å². The van der Waals surface area contributed by atoms with Gasteiger partial charge in [0.1, 0.15) is 0 Å². The summed E-state index contributed by atoms with van der Waals surface area (Å²) in [5, 5.41) is 6.79. The number of aromatic nitrogens is 6. The number of amides is 1. The van der Waals surface area contributed by atoms with Gasteiger partial charge in [-0.25, -0.2) is 19.7 Å². The third-order valence-corrected chi connectivity index (χ3v) is 11.5. The molecular formula is C48H57F3N12O9. The van der Waals surface area contributed by atoms with Gasteiger partial charge in [0, 0.05) is 105 Å². The molecule has 21 nitrogen and oxygen atoms in total. The van der Waals surface area contributed by atoms with Crippen LogP contribution in [0.2, 0.25) is 0 Å². The number of pyridine rings is 2. The number of ether oxygens (including phenoxy) is 7. The molecule has 0 saturated carbocycles. The Labute approximate surface area is 412 Å². The second-order valence-electron chi connectivity index (χ2n) is 16.2. The lowest BCUT2D eigenvalue weighted by Crippen LogP contribution is -2.47. The number of alkyl halides is 3. The van der Waals surface area contributed by atoms with Crippen LogP contribution in [0.1, 0.15) is 17.5 Å². The van der Waals surface area contributed by atoms with Gasteiger partial charge in [0.25, 0.3) is 0 Å². The molecule has 24 heteroatoms. The van der Waals surface area contributed by atoms with Crippen LogP contribution in [0.15, 0.2) is 83.2 Å². The maximum atomic E-state index is 15.0. The number of anilines is 2. The van der Waals surface area contributed by atoms with Crippen molar-refractivity contribution >= 4 is 39.5 Å². The summed E-state index contributed by atoms with van der Waals surface area (Å²) in [4.78, 5) is 50.3. The fraction of sp³-hybridized carbons (Fsp3) is 0.458. The monoisotopic (exact) mass is 1000 g/mol.